The lowest BCUT2D eigenvalue weighted by molar-refractivity contribution is 0.452. The van der Waals surface area contributed by atoms with Crippen LogP contribution < -0.4 is 5.32 Å². The average Bonchev–Trinajstić information content (AvgIpc) is 2.46. The molecule has 1 aromatic carbocycles. The second-order valence-corrected chi connectivity index (χ2v) is 7.08. The Bertz CT molecular complexity index is 547. The topological polar surface area (TPSA) is 49.4 Å². The average molecular weight is 316 g/mol. The molecule has 1 rings (SSSR count). The van der Waals surface area contributed by atoms with Crippen LogP contribution in [0.25, 0.3) is 0 Å². The fraction of sp³-hybridized carbons (Fsp3) is 0.600. The summed E-state index contributed by atoms with van der Waals surface area (Å²) >= 11 is 0. The molecule has 4 nitrogen and oxygen atoms in total. The molecule has 0 aromatic heterocycles. The molecule has 0 fully saturated rings. The molecule has 0 amide bonds. The van der Waals surface area contributed by atoms with E-state index in [1.165, 1.54) is 16.4 Å². The standard InChI is InChI=1S/C15H25FN2O2S/c1-4-6-7-10-18(3)21(19,20)15-11-14(16)9-8-13(15)12-17-5-2/h8-9,11,17H,4-7,10,12H2,1-3H3. The van der Waals surface area contributed by atoms with Crippen molar-refractivity contribution in [2.45, 2.75) is 44.6 Å². The Labute approximate surface area is 127 Å². The Morgan fingerprint density at radius 1 is 1.24 bits per heavy atom. The van der Waals surface area contributed by atoms with Crippen LogP contribution >= 0.6 is 0 Å². The molecule has 0 unspecified atom stereocenters. The van der Waals surface area contributed by atoms with Crippen LogP contribution in [0.15, 0.2) is 23.1 Å². The van der Waals surface area contributed by atoms with E-state index in [2.05, 4.69) is 12.2 Å². The molecule has 0 heterocycles. The molecular weight excluding hydrogens is 291 g/mol. The maximum absolute atomic E-state index is 13.5. The van der Waals surface area contributed by atoms with Crippen molar-refractivity contribution in [2.75, 3.05) is 20.1 Å². The number of benzene rings is 1. The minimum absolute atomic E-state index is 0.0578. The molecule has 1 aromatic rings. The van der Waals surface area contributed by atoms with Crippen molar-refractivity contribution in [3.05, 3.63) is 29.6 Å². The van der Waals surface area contributed by atoms with Crippen molar-refractivity contribution < 1.29 is 12.8 Å². The highest BCUT2D eigenvalue weighted by molar-refractivity contribution is 7.89. The zero-order valence-electron chi connectivity index (χ0n) is 13.0. The lowest BCUT2D eigenvalue weighted by atomic mass is 10.2. The summed E-state index contributed by atoms with van der Waals surface area (Å²) in [5.41, 5.74) is 0.598. The molecule has 0 aliphatic heterocycles. The first-order valence-corrected chi connectivity index (χ1v) is 8.83. The lowest BCUT2D eigenvalue weighted by Crippen LogP contribution is -2.29. The molecule has 0 saturated carbocycles. The molecule has 0 bridgehead atoms. The summed E-state index contributed by atoms with van der Waals surface area (Å²) < 4.78 is 40.0. The summed E-state index contributed by atoms with van der Waals surface area (Å²) in [6.45, 7) is 5.59. The van der Waals surface area contributed by atoms with E-state index in [0.29, 0.717) is 18.7 Å². The van der Waals surface area contributed by atoms with E-state index in [9.17, 15) is 12.8 Å². The summed E-state index contributed by atoms with van der Waals surface area (Å²) in [4.78, 5) is 0.0578. The van der Waals surface area contributed by atoms with Crippen LogP contribution in [-0.2, 0) is 16.6 Å². The van der Waals surface area contributed by atoms with E-state index < -0.39 is 15.8 Å². The van der Waals surface area contributed by atoms with Gasteiger partial charge < -0.3 is 5.32 Å². The normalized spacial score (nSPS) is 12.0. The van der Waals surface area contributed by atoms with Crippen molar-refractivity contribution in [3.63, 3.8) is 0 Å². The van der Waals surface area contributed by atoms with E-state index in [-0.39, 0.29) is 4.90 Å². The summed E-state index contributed by atoms with van der Waals surface area (Å²) in [6.07, 6.45) is 2.82. The Hall–Kier alpha value is -0.980. The number of sulfonamides is 1. The van der Waals surface area contributed by atoms with Crippen LogP contribution in [0.2, 0.25) is 0 Å². The van der Waals surface area contributed by atoms with Crippen molar-refractivity contribution in [1.82, 2.24) is 9.62 Å². The predicted octanol–water partition coefficient (Wildman–Crippen LogP) is 2.75. The van der Waals surface area contributed by atoms with E-state index in [1.54, 1.807) is 7.05 Å². The van der Waals surface area contributed by atoms with Crippen LogP contribution in [0.5, 0.6) is 0 Å². The number of nitrogens with zero attached hydrogens (tertiary/aromatic N) is 1. The molecule has 0 spiro atoms. The van der Waals surface area contributed by atoms with E-state index in [0.717, 1.165) is 31.9 Å². The molecule has 0 aliphatic rings. The Morgan fingerprint density at radius 3 is 2.57 bits per heavy atom. The van der Waals surface area contributed by atoms with Gasteiger partial charge in [0.25, 0.3) is 0 Å². The molecule has 0 saturated heterocycles. The number of nitrogens with one attached hydrogen (secondary N) is 1. The van der Waals surface area contributed by atoms with E-state index in [4.69, 9.17) is 0 Å². The van der Waals surface area contributed by atoms with Crippen LogP contribution in [0.3, 0.4) is 0 Å². The minimum atomic E-state index is -3.65. The second kappa shape index (κ2) is 8.46. The highest BCUT2D eigenvalue weighted by atomic mass is 32.2. The Kier molecular flexibility index (Phi) is 7.28. The van der Waals surface area contributed by atoms with Gasteiger partial charge in [0.1, 0.15) is 5.82 Å². The summed E-state index contributed by atoms with van der Waals surface area (Å²) in [7, 11) is -2.10. The molecule has 21 heavy (non-hydrogen) atoms. The van der Waals surface area contributed by atoms with Gasteiger partial charge >= 0.3 is 0 Å². The fourth-order valence-electron chi connectivity index (χ4n) is 2.05. The van der Waals surface area contributed by atoms with Crippen LogP contribution in [0.1, 0.15) is 38.7 Å². The van der Waals surface area contributed by atoms with Gasteiger partial charge in [-0.3, -0.25) is 0 Å². The van der Waals surface area contributed by atoms with Crippen molar-refractivity contribution in [3.8, 4) is 0 Å². The van der Waals surface area contributed by atoms with Gasteiger partial charge in [0.2, 0.25) is 10.0 Å². The Morgan fingerprint density at radius 2 is 1.95 bits per heavy atom. The third-order valence-corrected chi connectivity index (χ3v) is 5.30. The smallest absolute Gasteiger partial charge is 0.243 e. The van der Waals surface area contributed by atoms with Crippen molar-refractivity contribution in [1.29, 1.82) is 0 Å². The predicted molar refractivity (Wildman–Crippen MR) is 83.1 cm³/mol. The van der Waals surface area contributed by atoms with Gasteiger partial charge in [0.05, 0.1) is 4.90 Å². The monoisotopic (exact) mass is 316 g/mol. The molecule has 1 N–H and O–H groups in total. The number of hydrogen-bond donors (Lipinski definition) is 1. The number of rotatable bonds is 9. The minimum Gasteiger partial charge on any atom is -0.313 e. The first-order chi connectivity index (χ1) is 9.93. The van der Waals surface area contributed by atoms with Gasteiger partial charge in [0, 0.05) is 20.1 Å². The molecule has 120 valence electrons. The molecular formula is C15H25FN2O2S. The fourth-order valence-corrected chi connectivity index (χ4v) is 3.49. The summed E-state index contributed by atoms with van der Waals surface area (Å²) in [5, 5.41) is 3.08. The van der Waals surface area contributed by atoms with Crippen LogP contribution in [0.4, 0.5) is 4.39 Å². The highest BCUT2D eigenvalue weighted by Gasteiger charge is 2.24. The van der Waals surface area contributed by atoms with Gasteiger partial charge in [-0.25, -0.2) is 17.1 Å². The van der Waals surface area contributed by atoms with Gasteiger partial charge in [-0.1, -0.05) is 32.8 Å². The third kappa shape index (κ3) is 5.05. The van der Waals surface area contributed by atoms with Gasteiger partial charge in [-0.2, -0.15) is 0 Å². The van der Waals surface area contributed by atoms with E-state index in [1.807, 2.05) is 6.92 Å². The van der Waals surface area contributed by atoms with Gasteiger partial charge in [0.15, 0.2) is 0 Å². The second-order valence-electron chi connectivity index (χ2n) is 5.07. The number of halogens is 1. The largest absolute Gasteiger partial charge is 0.313 e. The summed E-state index contributed by atoms with van der Waals surface area (Å²) in [5.74, 6) is -0.532. The van der Waals surface area contributed by atoms with Gasteiger partial charge in [-0.15, -0.1) is 0 Å². The first kappa shape index (κ1) is 18.1. The SMILES string of the molecule is CCCCCN(C)S(=O)(=O)c1cc(F)ccc1CNCC. The van der Waals surface area contributed by atoms with Gasteiger partial charge in [-0.05, 0) is 30.7 Å². The zero-order chi connectivity index (χ0) is 15.9. The molecule has 6 heteroatoms. The van der Waals surface area contributed by atoms with Crippen molar-refractivity contribution in [2.24, 2.45) is 0 Å². The number of unbranched alkanes of at least 4 members (excludes halogenated alkanes) is 2. The first-order valence-electron chi connectivity index (χ1n) is 7.39. The molecule has 0 aliphatic carbocycles. The lowest BCUT2D eigenvalue weighted by Gasteiger charge is -2.19. The maximum Gasteiger partial charge on any atom is 0.243 e. The summed E-state index contributed by atoms with van der Waals surface area (Å²) in [6, 6.07) is 3.94. The third-order valence-electron chi connectivity index (χ3n) is 3.36. The van der Waals surface area contributed by atoms with Crippen molar-refractivity contribution >= 4 is 10.0 Å². The van der Waals surface area contributed by atoms with Crippen LogP contribution in [-0.4, -0.2) is 32.9 Å². The number of hydrogen-bond acceptors (Lipinski definition) is 3. The maximum atomic E-state index is 13.5. The van der Waals surface area contributed by atoms with E-state index >= 15 is 0 Å². The quantitative estimate of drug-likeness (QED) is 0.713. The molecule has 0 atom stereocenters. The zero-order valence-corrected chi connectivity index (χ0v) is 13.8. The molecule has 0 radical (unpaired) electrons. The highest BCUT2D eigenvalue weighted by Crippen LogP contribution is 2.21. The van der Waals surface area contributed by atoms with Crippen LogP contribution in [0, 0.1) is 5.82 Å². The Balaban J connectivity index is 3.02.